The Labute approximate surface area is 147 Å². The lowest BCUT2D eigenvalue weighted by molar-refractivity contribution is -0.132. The van der Waals surface area contributed by atoms with Crippen LogP contribution in [0.15, 0.2) is 18.2 Å². The second-order valence-electron chi connectivity index (χ2n) is 5.86. The van der Waals surface area contributed by atoms with Gasteiger partial charge < -0.3 is 10.2 Å². The molecule has 23 heavy (non-hydrogen) atoms. The van der Waals surface area contributed by atoms with E-state index in [1.807, 2.05) is 4.90 Å². The number of nitrogens with one attached hydrogen (secondary N) is 1. The van der Waals surface area contributed by atoms with Crippen molar-refractivity contribution >= 4 is 35.0 Å². The maximum absolute atomic E-state index is 12.3. The molecule has 0 spiro atoms. The largest absolute Gasteiger partial charge is 0.349 e. The lowest BCUT2D eigenvalue weighted by Gasteiger charge is -2.32. The van der Waals surface area contributed by atoms with Gasteiger partial charge in [0.05, 0.1) is 10.6 Å². The van der Waals surface area contributed by atoms with Gasteiger partial charge in [-0.25, -0.2) is 0 Å². The lowest BCUT2D eigenvalue weighted by atomic mass is 10.0. The first-order chi connectivity index (χ1) is 11.0. The Morgan fingerprint density at radius 2 is 1.96 bits per heavy atom. The first kappa shape index (κ1) is 18.1. The zero-order chi connectivity index (χ0) is 16.8. The number of unbranched alkanes of at least 4 members (excludes halogenated alkanes) is 1. The SMILES string of the molecule is CCCCC(=O)N1CCC(NC(=O)c2ccc(Cl)cc2Cl)CC1. The number of carbonyl (C=O) groups excluding carboxylic acids is 2. The highest BCUT2D eigenvalue weighted by atomic mass is 35.5. The van der Waals surface area contributed by atoms with Gasteiger partial charge in [0, 0.05) is 30.6 Å². The molecular formula is C17H22Cl2N2O2. The van der Waals surface area contributed by atoms with Crippen LogP contribution >= 0.6 is 23.2 Å². The summed E-state index contributed by atoms with van der Waals surface area (Å²) in [7, 11) is 0. The number of carbonyl (C=O) groups is 2. The molecule has 1 aromatic carbocycles. The quantitative estimate of drug-likeness (QED) is 0.869. The van der Waals surface area contributed by atoms with Crippen molar-refractivity contribution in [1.29, 1.82) is 0 Å². The van der Waals surface area contributed by atoms with Crippen LogP contribution in [0, 0.1) is 0 Å². The molecule has 0 aliphatic carbocycles. The Hall–Kier alpha value is -1.26. The molecule has 1 aromatic rings. The van der Waals surface area contributed by atoms with Crippen molar-refractivity contribution in [3.63, 3.8) is 0 Å². The molecule has 1 aliphatic rings. The van der Waals surface area contributed by atoms with Gasteiger partial charge in [0.2, 0.25) is 5.91 Å². The predicted molar refractivity (Wildman–Crippen MR) is 93.1 cm³/mol. The van der Waals surface area contributed by atoms with Crippen LogP contribution in [0.4, 0.5) is 0 Å². The summed E-state index contributed by atoms with van der Waals surface area (Å²) in [5.74, 6) is 0.0276. The smallest absolute Gasteiger partial charge is 0.253 e. The third kappa shape index (κ3) is 5.11. The summed E-state index contributed by atoms with van der Waals surface area (Å²) in [4.78, 5) is 26.2. The molecule has 1 aliphatic heterocycles. The normalized spacial score (nSPS) is 15.5. The topological polar surface area (TPSA) is 49.4 Å². The van der Waals surface area contributed by atoms with Gasteiger partial charge in [-0.1, -0.05) is 36.5 Å². The van der Waals surface area contributed by atoms with E-state index < -0.39 is 0 Å². The van der Waals surface area contributed by atoms with E-state index in [-0.39, 0.29) is 17.9 Å². The van der Waals surface area contributed by atoms with Gasteiger partial charge in [0.1, 0.15) is 0 Å². The molecule has 0 saturated carbocycles. The van der Waals surface area contributed by atoms with Gasteiger partial charge >= 0.3 is 0 Å². The summed E-state index contributed by atoms with van der Waals surface area (Å²) in [6.07, 6.45) is 4.13. The second-order valence-corrected chi connectivity index (χ2v) is 6.70. The van der Waals surface area contributed by atoms with E-state index in [1.54, 1.807) is 18.2 Å². The molecule has 0 bridgehead atoms. The molecule has 0 radical (unpaired) electrons. The monoisotopic (exact) mass is 356 g/mol. The molecule has 2 rings (SSSR count). The summed E-state index contributed by atoms with van der Waals surface area (Å²) in [5, 5.41) is 3.85. The highest BCUT2D eigenvalue weighted by molar-refractivity contribution is 6.36. The van der Waals surface area contributed by atoms with Crippen molar-refractivity contribution in [2.75, 3.05) is 13.1 Å². The average Bonchev–Trinajstić information content (AvgIpc) is 2.53. The fraction of sp³-hybridized carbons (Fsp3) is 0.529. The molecule has 2 amide bonds. The summed E-state index contributed by atoms with van der Waals surface area (Å²) in [6.45, 7) is 3.47. The molecule has 4 nitrogen and oxygen atoms in total. The van der Waals surface area contributed by atoms with Crippen LogP contribution in [0.2, 0.25) is 10.0 Å². The molecule has 1 N–H and O–H groups in total. The second kappa shape index (κ2) is 8.55. The fourth-order valence-corrected chi connectivity index (χ4v) is 3.19. The van der Waals surface area contributed by atoms with E-state index in [2.05, 4.69) is 12.2 Å². The van der Waals surface area contributed by atoms with Crippen LogP contribution in [-0.2, 0) is 4.79 Å². The number of amides is 2. The van der Waals surface area contributed by atoms with Crippen molar-refractivity contribution < 1.29 is 9.59 Å². The zero-order valence-electron chi connectivity index (χ0n) is 13.3. The predicted octanol–water partition coefficient (Wildman–Crippen LogP) is 3.90. The summed E-state index contributed by atoms with van der Waals surface area (Å²) < 4.78 is 0. The van der Waals surface area contributed by atoms with Gasteiger partial charge in [-0.05, 0) is 37.5 Å². The number of rotatable bonds is 5. The molecule has 0 aromatic heterocycles. The summed E-state index contributed by atoms with van der Waals surface area (Å²) in [6, 6.07) is 4.91. The van der Waals surface area contributed by atoms with Crippen LogP contribution < -0.4 is 5.32 Å². The summed E-state index contributed by atoms with van der Waals surface area (Å²) in [5.41, 5.74) is 0.428. The highest BCUT2D eigenvalue weighted by Crippen LogP contribution is 2.21. The standard InChI is InChI=1S/C17H22Cl2N2O2/c1-2-3-4-16(22)21-9-7-13(8-10-21)20-17(23)14-6-5-12(18)11-15(14)19/h5-6,11,13H,2-4,7-10H2,1H3,(H,20,23). The number of benzene rings is 1. The summed E-state index contributed by atoms with van der Waals surface area (Å²) >= 11 is 11.9. The fourth-order valence-electron chi connectivity index (χ4n) is 2.70. The Morgan fingerprint density at radius 1 is 1.26 bits per heavy atom. The first-order valence-electron chi connectivity index (χ1n) is 8.05. The lowest BCUT2D eigenvalue weighted by Crippen LogP contribution is -2.46. The third-order valence-electron chi connectivity index (χ3n) is 4.10. The van der Waals surface area contributed by atoms with Crippen molar-refractivity contribution in [2.45, 2.75) is 45.1 Å². The number of nitrogens with zero attached hydrogens (tertiary/aromatic N) is 1. The van der Waals surface area contributed by atoms with Crippen molar-refractivity contribution in [3.8, 4) is 0 Å². The van der Waals surface area contributed by atoms with E-state index in [9.17, 15) is 9.59 Å². The Morgan fingerprint density at radius 3 is 2.57 bits per heavy atom. The first-order valence-corrected chi connectivity index (χ1v) is 8.80. The van der Waals surface area contributed by atoms with Crippen LogP contribution in [0.25, 0.3) is 0 Å². The van der Waals surface area contributed by atoms with Gasteiger partial charge in [0.25, 0.3) is 5.91 Å². The van der Waals surface area contributed by atoms with Crippen LogP contribution in [0.3, 0.4) is 0 Å². The zero-order valence-corrected chi connectivity index (χ0v) is 14.8. The molecule has 1 fully saturated rings. The maximum Gasteiger partial charge on any atom is 0.253 e. The van der Waals surface area contributed by atoms with Gasteiger partial charge in [-0.3, -0.25) is 9.59 Å². The minimum atomic E-state index is -0.192. The number of hydrogen-bond donors (Lipinski definition) is 1. The Bertz CT molecular complexity index is 570. The Kier molecular flexibility index (Phi) is 6.72. The Balaban J connectivity index is 1.84. The number of piperidine rings is 1. The van der Waals surface area contributed by atoms with E-state index in [0.29, 0.717) is 35.1 Å². The van der Waals surface area contributed by atoms with E-state index in [0.717, 1.165) is 25.7 Å². The molecule has 0 atom stereocenters. The maximum atomic E-state index is 12.3. The molecular weight excluding hydrogens is 335 g/mol. The molecule has 126 valence electrons. The third-order valence-corrected chi connectivity index (χ3v) is 4.65. The highest BCUT2D eigenvalue weighted by Gasteiger charge is 2.24. The van der Waals surface area contributed by atoms with Gasteiger partial charge in [-0.15, -0.1) is 0 Å². The van der Waals surface area contributed by atoms with E-state index in [4.69, 9.17) is 23.2 Å². The van der Waals surface area contributed by atoms with E-state index in [1.165, 1.54) is 0 Å². The van der Waals surface area contributed by atoms with Crippen molar-refractivity contribution in [1.82, 2.24) is 10.2 Å². The average molecular weight is 357 g/mol. The number of likely N-dealkylation sites (tertiary alicyclic amines) is 1. The number of hydrogen-bond acceptors (Lipinski definition) is 2. The van der Waals surface area contributed by atoms with Gasteiger partial charge in [0.15, 0.2) is 0 Å². The molecule has 6 heteroatoms. The minimum absolute atomic E-state index is 0.0736. The van der Waals surface area contributed by atoms with Gasteiger partial charge in [-0.2, -0.15) is 0 Å². The van der Waals surface area contributed by atoms with Crippen LogP contribution in [0.1, 0.15) is 49.4 Å². The molecule has 1 saturated heterocycles. The van der Waals surface area contributed by atoms with Crippen molar-refractivity contribution in [3.05, 3.63) is 33.8 Å². The van der Waals surface area contributed by atoms with Crippen LogP contribution in [0.5, 0.6) is 0 Å². The van der Waals surface area contributed by atoms with E-state index >= 15 is 0 Å². The van der Waals surface area contributed by atoms with Crippen LogP contribution in [-0.4, -0.2) is 35.8 Å². The van der Waals surface area contributed by atoms with Crippen molar-refractivity contribution in [2.24, 2.45) is 0 Å². The molecule has 0 unspecified atom stereocenters. The number of halogens is 2. The molecule has 1 heterocycles. The minimum Gasteiger partial charge on any atom is -0.349 e.